The Labute approximate surface area is 213 Å². The van der Waals surface area contributed by atoms with Gasteiger partial charge in [-0.15, -0.1) is 0 Å². The molecule has 3 heterocycles. The summed E-state index contributed by atoms with van der Waals surface area (Å²) in [6.07, 6.45) is 4.82. The van der Waals surface area contributed by atoms with E-state index in [1.165, 1.54) is 47.0 Å². The second kappa shape index (κ2) is 10.6. The fourth-order valence-electron chi connectivity index (χ4n) is 4.22. The van der Waals surface area contributed by atoms with Crippen molar-refractivity contribution < 1.29 is 17.6 Å². The third-order valence-electron chi connectivity index (χ3n) is 6.24. The van der Waals surface area contributed by atoms with Gasteiger partial charge in [0.2, 0.25) is 10.0 Å². The van der Waals surface area contributed by atoms with E-state index in [0.717, 1.165) is 23.8 Å². The van der Waals surface area contributed by atoms with Crippen LogP contribution in [-0.4, -0.2) is 58.0 Å². The van der Waals surface area contributed by atoms with Crippen LogP contribution >= 0.6 is 0 Å². The van der Waals surface area contributed by atoms with Crippen molar-refractivity contribution in [2.24, 2.45) is 0 Å². The molecule has 0 radical (unpaired) electrons. The van der Waals surface area contributed by atoms with Gasteiger partial charge < -0.3 is 10.6 Å². The maximum Gasteiger partial charge on any atom is 0.251 e. The van der Waals surface area contributed by atoms with Crippen molar-refractivity contribution in [2.45, 2.75) is 30.8 Å². The number of aromatic nitrogens is 4. The van der Waals surface area contributed by atoms with E-state index in [-0.39, 0.29) is 16.6 Å². The number of hydrogen-bond acceptors (Lipinski definition) is 7. The Hall–Kier alpha value is -3.90. The molecule has 1 aliphatic rings. The van der Waals surface area contributed by atoms with Gasteiger partial charge in [-0.2, -0.15) is 9.40 Å². The first-order chi connectivity index (χ1) is 17.9. The Morgan fingerprint density at radius 2 is 1.73 bits per heavy atom. The van der Waals surface area contributed by atoms with E-state index >= 15 is 0 Å². The van der Waals surface area contributed by atoms with Crippen LogP contribution in [0, 0.1) is 5.82 Å². The predicted molar refractivity (Wildman–Crippen MR) is 136 cm³/mol. The molecule has 10 nitrogen and oxygen atoms in total. The van der Waals surface area contributed by atoms with Gasteiger partial charge in [-0.1, -0.05) is 12.1 Å². The molecule has 5 rings (SSSR count). The number of anilines is 1. The summed E-state index contributed by atoms with van der Waals surface area (Å²) in [7, 11) is -3.52. The highest BCUT2D eigenvalue weighted by molar-refractivity contribution is 7.89. The minimum absolute atomic E-state index is 0.192. The Morgan fingerprint density at radius 1 is 1.00 bits per heavy atom. The van der Waals surface area contributed by atoms with Crippen molar-refractivity contribution in [3.8, 4) is 0 Å². The molecular formula is C25H26FN7O3S. The summed E-state index contributed by atoms with van der Waals surface area (Å²) in [6, 6.07) is 12.2. The predicted octanol–water partition coefficient (Wildman–Crippen LogP) is 2.79. The molecule has 12 heteroatoms. The van der Waals surface area contributed by atoms with Crippen molar-refractivity contribution in [3.05, 3.63) is 78.0 Å². The summed E-state index contributed by atoms with van der Waals surface area (Å²) in [6.45, 7) is 2.20. The van der Waals surface area contributed by atoms with Crippen LogP contribution in [0.4, 0.5) is 10.2 Å². The zero-order chi connectivity index (χ0) is 25.8. The molecule has 192 valence electrons. The summed E-state index contributed by atoms with van der Waals surface area (Å²) in [5.74, 6) is 0.00969. The van der Waals surface area contributed by atoms with E-state index in [0.29, 0.717) is 49.8 Å². The fraction of sp³-hybridized carbons (Fsp3) is 0.280. The van der Waals surface area contributed by atoms with Gasteiger partial charge in [0.05, 0.1) is 23.0 Å². The van der Waals surface area contributed by atoms with Crippen molar-refractivity contribution in [2.75, 3.05) is 25.0 Å². The lowest BCUT2D eigenvalue weighted by atomic mass is 10.2. The third kappa shape index (κ3) is 5.44. The summed E-state index contributed by atoms with van der Waals surface area (Å²) in [5, 5.41) is 11.2. The SMILES string of the molecule is O=C(NCCn1ncc2c(NCc3ccc(F)cc3)ncnc21)c1ccc(S(=O)(=O)N2CCCC2)cc1. The van der Waals surface area contributed by atoms with Crippen LogP contribution in [0.1, 0.15) is 28.8 Å². The number of nitrogens with zero attached hydrogens (tertiary/aromatic N) is 5. The van der Waals surface area contributed by atoms with Gasteiger partial charge in [0, 0.05) is 31.7 Å². The summed E-state index contributed by atoms with van der Waals surface area (Å²) >= 11 is 0. The third-order valence-corrected chi connectivity index (χ3v) is 8.15. The van der Waals surface area contributed by atoms with Crippen LogP contribution in [0.3, 0.4) is 0 Å². The molecule has 1 aliphatic heterocycles. The summed E-state index contributed by atoms with van der Waals surface area (Å²) in [4.78, 5) is 21.4. The molecule has 1 amide bonds. The molecule has 2 N–H and O–H groups in total. The molecular weight excluding hydrogens is 497 g/mol. The number of carbonyl (C=O) groups is 1. The summed E-state index contributed by atoms with van der Waals surface area (Å²) < 4.78 is 41.6. The van der Waals surface area contributed by atoms with Gasteiger partial charge in [0.25, 0.3) is 5.91 Å². The molecule has 0 saturated carbocycles. The lowest BCUT2D eigenvalue weighted by Crippen LogP contribution is -2.29. The summed E-state index contributed by atoms with van der Waals surface area (Å²) in [5.41, 5.74) is 1.90. The van der Waals surface area contributed by atoms with Crippen LogP contribution in [-0.2, 0) is 23.1 Å². The number of sulfonamides is 1. The van der Waals surface area contributed by atoms with E-state index in [1.54, 1.807) is 23.0 Å². The van der Waals surface area contributed by atoms with Crippen molar-refractivity contribution in [1.29, 1.82) is 0 Å². The molecule has 0 unspecified atom stereocenters. The molecule has 2 aromatic carbocycles. The average molecular weight is 524 g/mol. The van der Waals surface area contributed by atoms with Gasteiger partial charge in [-0.3, -0.25) is 4.79 Å². The highest BCUT2D eigenvalue weighted by Crippen LogP contribution is 2.21. The zero-order valence-corrected chi connectivity index (χ0v) is 20.8. The van der Waals surface area contributed by atoms with Gasteiger partial charge >= 0.3 is 0 Å². The van der Waals surface area contributed by atoms with E-state index in [9.17, 15) is 17.6 Å². The largest absolute Gasteiger partial charge is 0.365 e. The first kappa shape index (κ1) is 24.8. The molecule has 1 saturated heterocycles. The second-order valence-electron chi connectivity index (χ2n) is 8.70. The van der Waals surface area contributed by atoms with E-state index in [4.69, 9.17) is 0 Å². The first-order valence-electron chi connectivity index (χ1n) is 11.9. The highest BCUT2D eigenvalue weighted by atomic mass is 32.2. The minimum Gasteiger partial charge on any atom is -0.365 e. The molecule has 4 aromatic rings. The standard InChI is InChI=1S/C25H26FN7O3S/c26-20-7-3-18(4-8-20)15-28-23-22-16-31-33(24(22)30-17-29-23)14-11-27-25(34)19-5-9-21(10-6-19)37(35,36)32-12-1-2-13-32/h3-10,16-17H,1-2,11-15H2,(H,27,34)(H,28,29,30). The Bertz CT molecular complexity index is 1500. The van der Waals surface area contributed by atoms with E-state index in [1.807, 2.05) is 0 Å². The van der Waals surface area contributed by atoms with E-state index < -0.39 is 10.0 Å². The number of nitrogens with one attached hydrogen (secondary N) is 2. The topological polar surface area (TPSA) is 122 Å². The fourth-order valence-corrected chi connectivity index (χ4v) is 5.74. The first-order valence-corrected chi connectivity index (χ1v) is 13.4. The second-order valence-corrected chi connectivity index (χ2v) is 10.6. The maximum absolute atomic E-state index is 13.1. The lowest BCUT2D eigenvalue weighted by Gasteiger charge is -2.15. The number of carbonyl (C=O) groups excluding carboxylic acids is 1. The van der Waals surface area contributed by atoms with Gasteiger partial charge in [0.1, 0.15) is 18.0 Å². The Kier molecular flexibility index (Phi) is 7.10. The number of halogens is 1. The van der Waals surface area contributed by atoms with Crippen LogP contribution in [0.2, 0.25) is 0 Å². The van der Waals surface area contributed by atoms with Crippen molar-refractivity contribution >= 4 is 32.8 Å². The van der Waals surface area contributed by atoms with Crippen molar-refractivity contribution in [3.63, 3.8) is 0 Å². The quantitative estimate of drug-likeness (QED) is 0.346. The van der Waals surface area contributed by atoms with Crippen LogP contribution < -0.4 is 10.6 Å². The molecule has 2 aromatic heterocycles. The Balaban J connectivity index is 1.18. The number of amides is 1. The highest BCUT2D eigenvalue weighted by Gasteiger charge is 2.27. The van der Waals surface area contributed by atoms with Crippen molar-refractivity contribution in [1.82, 2.24) is 29.4 Å². The van der Waals surface area contributed by atoms with Gasteiger partial charge in [-0.05, 0) is 54.8 Å². The number of benzene rings is 2. The molecule has 37 heavy (non-hydrogen) atoms. The average Bonchev–Trinajstić information content (AvgIpc) is 3.60. The zero-order valence-electron chi connectivity index (χ0n) is 20.0. The number of fused-ring (bicyclic) bond motifs is 1. The van der Waals surface area contributed by atoms with Crippen LogP contribution in [0.15, 0.2) is 66.0 Å². The smallest absolute Gasteiger partial charge is 0.251 e. The number of rotatable bonds is 9. The van der Waals surface area contributed by atoms with Gasteiger partial charge in [0.15, 0.2) is 5.65 Å². The molecule has 0 spiro atoms. The minimum atomic E-state index is -3.52. The van der Waals surface area contributed by atoms with Gasteiger partial charge in [-0.25, -0.2) is 27.5 Å². The molecule has 0 aliphatic carbocycles. The molecule has 0 atom stereocenters. The van der Waals surface area contributed by atoms with Crippen LogP contribution in [0.5, 0.6) is 0 Å². The number of hydrogen-bond donors (Lipinski definition) is 2. The molecule has 0 bridgehead atoms. The Morgan fingerprint density at radius 3 is 2.46 bits per heavy atom. The lowest BCUT2D eigenvalue weighted by molar-refractivity contribution is 0.0952. The monoisotopic (exact) mass is 523 g/mol. The normalized spacial score (nSPS) is 14.2. The van der Waals surface area contributed by atoms with E-state index in [2.05, 4.69) is 25.7 Å². The van der Waals surface area contributed by atoms with Crippen LogP contribution in [0.25, 0.3) is 11.0 Å². The maximum atomic E-state index is 13.1. The molecule has 1 fully saturated rings.